The molecule has 0 saturated heterocycles. The standard InChI is InChI=1S/C17H16N2O3/c1-11(9-12-5-3-2-4-6-12)16(20)18-13-7-8-15-14(10-13)19-17(21)22-15/h2-8,10-11H,9H2,1H3,(H,18,20)(H,19,21). The van der Waals surface area contributed by atoms with Gasteiger partial charge in [0.15, 0.2) is 5.58 Å². The van der Waals surface area contributed by atoms with Crippen LogP contribution in [0.25, 0.3) is 11.1 Å². The number of carbonyl (C=O) groups excluding carboxylic acids is 1. The molecule has 0 aliphatic heterocycles. The van der Waals surface area contributed by atoms with Gasteiger partial charge in [0.05, 0.1) is 5.52 Å². The largest absolute Gasteiger partial charge is 0.417 e. The monoisotopic (exact) mass is 296 g/mol. The number of fused-ring (bicyclic) bond motifs is 1. The summed E-state index contributed by atoms with van der Waals surface area (Å²) in [7, 11) is 0. The molecule has 112 valence electrons. The highest BCUT2D eigenvalue weighted by atomic mass is 16.4. The summed E-state index contributed by atoms with van der Waals surface area (Å²) in [6.45, 7) is 1.89. The summed E-state index contributed by atoms with van der Waals surface area (Å²) >= 11 is 0. The van der Waals surface area contributed by atoms with Gasteiger partial charge in [0.1, 0.15) is 0 Å². The third-order valence-corrected chi connectivity index (χ3v) is 3.52. The van der Waals surface area contributed by atoms with Crippen LogP contribution in [0.4, 0.5) is 5.69 Å². The van der Waals surface area contributed by atoms with Crippen molar-refractivity contribution in [2.75, 3.05) is 5.32 Å². The zero-order valence-corrected chi connectivity index (χ0v) is 12.1. The fourth-order valence-corrected chi connectivity index (χ4v) is 2.36. The van der Waals surface area contributed by atoms with Crippen molar-refractivity contribution in [3.8, 4) is 0 Å². The third-order valence-electron chi connectivity index (χ3n) is 3.52. The highest BCUT2D eigenvalue weighted by Gasteiger charge is 2.14. The summed E-state index contributed by atoms with van der Waals surface area (Å²) in [5.74, 6) is -0.716. The molecule has 0 aliphatic rings. The molecule has 0 aliphatic carbocycles. The quantitative estimate of drug-likeness (QED) is 0.777. The Morgan fingerprint density at radius 1 is 1.23 bits per heavy atom. The van der Waals surface area contributed by atoms with Crippen molar-refractivity contribution in [3.05, 3.63) is 64.6 Å². The lowest BCUT2D eigenvalue weighted by atomic mass is 10.0. The van der Waals surface area contributed by atoms with Gasteiger partial charge in [-0.25, -0.2) is 4.79 Å². The van der Waals surface area contributed by atoms with Crippen LogP contribution in [0.15, 0.2) is 57.7 Å². The number of H-pyrrole nitrogens is 1. The summed E-state index contributed by atoms with van der Waals surface area (Å²) in [5, 5.41) is 2.86. The van der Waals surface area contributed by atoms with Gasteiger partial charge >= 0.3 is 5.76 Å². The van der Waals surface area contributed by atoms with Crippen molar-refractivity contribution in [3.63, 3.8) is 0 Å². The van der Waals surface area contributed by atoms with Crippen LogP contribution in [0.3, 0.4) is 0 Å². The molecule has 1 unspecified atom stereocenters. The van der Waals surface area contributed by atoms with Gasteiger partial charge in [-0.3, -0.25) is 9.78 Å². The summed E-state index contributed by atoms with van der Waals surface area (Å²) < 4.78 is 4.93. The third kappa shape index (κ3) is 3.09. The number of aromatic amines is 1. The van der Waals surface area contributed by atoms with Gasteiger partial charge in [0.2, 0.25) is 5.91 Å². The van der Waals surface area contributed by atoms with Gasteiger partial charge in [0, 0.05) is 11.6 Å². The maximum Gasteiger partial charge on any atom is 0.417 e. The molecule has 0 fully saturated rings. The van der Waals surface area contributed by atoms with E-state index in [2.05, 4.69) is 10.3 Å². The minimum atomic E-state index is -0.504. The fourth-order valence-electron chi connectivity index (χ4n) is 2.36. The molecule has 2 N–H and O–H groups in total. The van der Waals surface area contributed by atoms with E-state index in [1.165, 1.54) is 0 Å². The minimum absolute atomic E-state index is 0.0611. The van der Waals surface area contributed by atoms with Crippen LogP contribution in [0, 0.1) is 5.92 Å². The summed E-state index contributed by atoms with van der Waals surface area (Å²) in [6.07, 6.45) is 0.678. The number of nitrogens with one attached hydrogen (secondary N) is 2. The lowest BCUT2D eigenvalue weighted by Gasteiger charge is -2.12. The van der Waals surface area contributed by atoms with E-state index in [1.54, 1.807) is 18.2 Å². The molecule has 0 spiro atoms. The van der Waals surface area contributed by atoms with Gasteiger partial charge in [-0.1, -0.05) is 37.3 Å². The zero-order chi connectivity index (χ0) is 15.5. The molecule has 1 amide bonds. The molecule has 2 aromatic carbocycles. The van der Waals surface area contributed by atoms with Gasteiger partial charge < -0.3 is 9.73 Å². The van der Waals surface area contributed by atoms with E-state index in [-0.39, 0.29) is 11.8 Å². The Morgan fingerprint density at radius 3 is 2.77 bits per heavy atom. The first-order valence-electron chi connectivity index (χ1n) is 7.09. The van der Waals surface area contributed by atoms with Gasteiger partial charge in [-0.05, 0) is 30.2 Å². The minimum Gasteiger partial charge on any atom is -0.408 e. The SMILES string of the molecule is CC(Cc1ccccc1)C(=O)Nc1ccc2oc(=O)[nH]c2c1. The normalized spacial score (nSPS) is 12.2. The van der Waals surface area contributed by atoms with Crippen LogP contribution >= 0.6 is 0 Å². The average Bonchev–Trinajstić information content (AvgIpc) is 2.87. The topological polar surface area (TPSA) is 75.1 Å². The zero-order valence-electron chi connectivity index (χ0n) is 12.1. The predicted molar refractivity (Wildman–Crippen MR) is 84.8 cm³/mol. The molecule has 22 heavy (non-hydrogen) atoms. The van der Waals surface area contributed by atoms with Gasteiger partial charge in [0.25, 0.3) is 0 Å². The summed E-state index contributed by atoms with van der Waals surface area (Å²) in [4.78, 5) is 25.9. The number of amides is 1. The first-order valence-corrected chi connectivity index (χ1v) is 7.09. The highest BCUT2D eigenvalue weighted by molar-refractivity contribution is 5.94. The Morgan fingerprint density at radius 2 is 2.00 bits per heavy atom. The van der Waals surface area contributed by atoms with Crippen LogP contribution in [-0.2, 0) is 11.2 Å². The maximum atomic E-state index is 12.3. The van der Waals surface area contributed by atoms with E-state index in [9.17, 15) is 9.59 Å². The van der Waals surface area contributed by atoms with E-state index >= 15 is 0 Å². The van der Waals surface area contributed by atoms with Crippen LogP contribution in [-0.4, -0.2) is 10.9 Å². The van der Waals surface area contributed by atoms with E-state index in [4.69, 9.17) is 4.42 Å². The summed E-state index contributed by atoms with van der Waals surface area (Å²) in [5.41, 5.74) is 2.80. The predicted octanol–water partition coefficient (Wildman–Crippen LogP) is 2.94. The number of rotatable bonds is 4. The number of hydrogen-bond donors (Lipinski definition) is 2. The van der Waals surface area contributed by atoms with Crippen LogP contribution < -0.4 is 11.1 Å². The Hall–Kier alpha value is -2.82. The number of oxazole rings is 1. The van der Waals surface area contributed by atoms with Gasteiger partial charge in [-0.15, -0.1) is 0 Å². The second-order valence-electron chi connectivity index (χ2n) is 5.31. The lowest BCUT2D eigenvalue weighted by Crippen LogP contribution is -2.22. The highest BCUT2D eigenvalue weighted by Crippen LogP contribution is 2.17. The maximum absolute atomic E-state index is 12.3. The molecule has 1 heterocycles. The van der Waals surface area contributed by atoms with Crippen LogP contribution in [0.5, 0.6) is 0 Å². The number of anilines is 1. The van der Waals surface area contributed by atoms with Crippen molar-refractivity contribution in [2.45, 2.75) is 13.3 Å². The molecule has 0 radical (unpaired) electrons. The van der Waals surface area contributed by atoms with E-state index in [0.29, 0.717) is 23.2 Å². The second-order valence-corrected chi connectivity index (χ2v) is 5.31. The number of aromatic nitrogens is 1. The number of carbonyl (C=O) groups is 1. The van der Waals surface area contributed by atoms with Crippen molar-refractivity contribution < 1.29 is 9.21 Å². The van der Waals surface area contributed by atoms with E-state index in [0.717, 1.165) is 5.56 Å². The Bertz CT molecular complexity index is 849. The first kappa shape index (κ1) is 14.1. The number of hydrogen-bond acceptors (Lipinski definition) is 3. The second kappa shape index (κ2) is 5.89. The van der Waals surface area contributed by atoms with E-state index < -0.39 is 5.76 Å². The molecule has 3 rings (SSSR count). The molecule has 1 aromatic heterocycles. The summed E-state index contributed by atoms with van der Waals surface area (Å²) in [6, 6.07) is 14.9. The molecule has 0 bridgehead atoms. The Labute approximate surface area is 127 Å². The van der Waals surface area contributed by atoms with E-state index in [1.807, 2.05) is 37.3 Å². The molecule has 5 nitrogen and oxygen atoms in total. The molecule has 3 aromatic rings. The average molecular weight is 296 g/mol. The van der Waals surface area contributed by atoms with Crippen molar-refractivity contribution in [1.82, 2.24) is 4.98 Å². The van der Waals surface area contributed by atoms with Crippen molar-refractivity contribution in [1.29, 1.82) is 0 Å². The van der Waals surface area contributed by atoms with Gasteiger partial charge in [-0.2, -0.15) is 0 Å². The Kier molecular flexibility index (Phi) is 3.78. The molecular formula is C17H16N2O3. The number of benzene rings is 2. The fraction of sp³-hybridized carbons (Fsp3) is 0.176. The first-order chi connectivity index (χ1) is 10.6. The molecule has 0 saturated carbocycles. The van der Waals surface area contributed by atoms with Crippen molar-refractivity contribution >= 4 is 22.7 Å². The molecular weight excluding hydrogens is 280 g/mol. The van der Waals surface area contributed by atoms with Crippen LogP contribution in [0.1, 0.15) is 12.5 Å². The smallest absolute Gasteiger partial charge is 0.408 e. The molecule has 5 heteroatoms. The van der Waals surface area contributed by atoms with Crippen LogP contribution in [0.2, 0.25) is 0 Å². The lowest BCUT2D eigenvalue weighted by molar-refractivity contribution is -0.119. The molecule has 1 atom stereocenters. The van der Waals surface area contributed by atoms with Crippen molar-refractivity contribution in [2.24, 2.45) is 5.92 Å². The Balaban J connectivity index is 1.70.